The van der Waals surface area contributed by atoms with Crippen LogP contribution in [0.2, 0.25) is 0 Å². The third-order valence-corrected chi connectivity index (χ3v) is 1.88. The minimum Gasteiger partial charge on any atom is -0.481 e. The second-order valence-corrected chi connectivity index (χ2v) is 3.79. The average Bonchev–Trinajstić information content (AvgIpc) is 2.13. The molecule has 6 heteroatoms. The number of rotatable bonds is 8. The van der Waals surface area contributed by atoms with E-state index in [0.29, 0.717) is 13.2 Å². The van der Waals surface area contributed by atoms with E-state index in [-0.39, 0.29) is 18.9 Å². The second-order valence-electron chi connectivity index (χ2n) is 3.79. The zero-order chi connectivity index (χ0) is 12.6. The Morgan fingerprint density at radius 2 is 2.06 bits per heavy atom. The fourth-order valence-electron chi connectivity index (χ4n) is 1.07. The smallest absolute Gasteiger partial charge is 0.306 e. The van der Waals surface area contributed by atoms with Gasteiger partial charge in [0.25, 0.3) is 0 Å². The van der Waals surface area contributed by atoms with Crippen molar-refractivity contribution in [3.05, 3.63) is 0 Å². The number of carboxylic acid groups (broad SMARTS) is 1. The quantitative estimate of drug-likeness (QED) is 0.503. The van der Waals surface area contributed by atoms with Crippen molar-refractivity contribution in [2.45, 2.75) is 32.3 Å². The van der Waals surface area contributed by atoms with Crippen molar-refractivity contribution in [3.63, 3.8) is 0 Å². The van der Waals surface area contributed by atoms with Crippen LogP contribution in [0.1, 0.15) is 26.7 Å². The van der Waals surface area contributed by atoms with Crippen molar-refractivity contribution < 1.29 is 24.5 Å². The first-order valence-electron chi connectivity index (χ1n) is 5.16. The number of aliphatic carboxylic acids is 1. The van der Waals surface area contributed by atoms with Gasteiger partial charge in [0.1, 0.15) is 0 Å². The third kappa shape index (κ3) is 8.19. The summed E-state index contributed by atoms with van der Waals surface area (Å²) in [6.07, 6.45) is -0.199. The lowest BCUT2D eigenvalue weighted by atomic mass is 10.0. The number of carbonyl (C=O) groups excluding carboxylic acids is 1. The second kappa shape index (κ2) is 7.19. The van der Waals surface area contributed by atoms with Crippen molar-refractivity contribution in [1.82, 2.24) is 5.32 Å². The zero-order valence-electron chi connectivity index (χ0n) is 9.65. The van der Waals surface area contributed by atoms with E-state index >= 15 is 0 Å². The minimum atomic E-state index is -1.42. The Labute approximate surface area is 94.6 Å². The van der Waals surface area contributed by atoms with Gasteiger partial charge in [-0.3, -0.25) is 9.59 Å². The Morgan fingerprint density at radius 3 is 2.56 bits per heavy atom. The van der Waals surface area contributed by atoms with E-state index in [9.17, 15) is 14.7 Å². The molecule has 0 aliphatic heterocycles. The largest absolute Gasteiger partial charge is 0.481 e. The molecule has 1 amide bonds. The highest BCUT2D eigenvalue weighted by Crippen LogP contribution is 2.07. The Kier molecular flexibility index (Phi) is 6.67. The molecule has 0 aromatic heterocycles. The van der Waals surface area contributed by atoms with Crippen molar-refractivity contribution in [2.24, 2.45) is 0 Å². The van der Waals surface area contributed by atoms with Crippen LogP contribution in [0.4, 0.5) is 0 Å². The lowest BCUT2D eigenvalue weighted by molar-refractivity contribution is -0.142. The normalized spacial score (nSPS) is 14.2. The molecule has 0 saturated heterocycles. The van der Waals surface area contributed by atoms with E-state index in [0.717, 1.165) is 0 Å². The molecular weight excluding hydrogens is 214 g/mol. The molecule has 16 heavy (non-hydrogen) atoms. The molecule has 94 valence electrons. The SMILES string of the molecule is CCOCCC(=O)NCC(C)(O)CC(=O)O. The topological polar surface area (TPSA) is 95.9 Å². The Balaban J connectivity index is 3.77. The molecule has 0 fully saturated rings. The minimum absolute atomic E-state index is 0.0791. The molecule has 0 radical (unpaired) electrons. The van der Waals surface area contributed by atoms with Crippen molar-refractivity contribution in [3.8, 4) is 0 Å². The first-order chi connectivity index (χ1) is 7.37. The predicted molar refractivity (Wildman–Crippen MR) is 57.0 cm³/mol. The summed E-state index contributed by atoms with van der Waals surface area (Å²) in [6.45, 7) is 3.98. The number of carbonyl (C=O) groups is 2. The van der Waals surface area contributed by atoms with Gasteiger partial charge in [-0.15, -0.1) is 0 Å². The summed E-state index contributed by atoms with van der Waals surface area (Å²) < 4.78 is 4.98. The van der Waals surface area contributed by atoms with Gasteiger partial charge in [-0.05, 0) is 13.8 Å². The summed E-state index contributed by atoms with van der Waals surface area (Å²) in [4.78, 5) is 21.6. The molecule has 0 aliphatic carbocycles. The third-order valence-electron chi connectivity index (χ3n) is 1.88. The molecule has 0 heterocycles. The van der Waals surface area contributed by atoms with E-state index in [1.54, 1.807) is 0 Å². The number of carboxylic acids is 1. The monoisotopic (exact) mass is 233 g/mol. The van der Waals surface area contributed by atoms with Crippen LogP contribution in [-0.4, -0.2) is 47.4 Å². The lowest BCUT2D eigenvalue weighted by Gasteiger charge is -2.21. The van der Waals surface area contributed by atoms with Crippen LogP contribution in [0.15, 0.2) is 0 Å². The summed E-state index contributed by atoms with van der Waals surface area (Å²) in [5.41, 5.74) is -1.42. The highest BCUT2D eigenvalue weighted by Gasteiger charge is 2.24. The molecule has 6 nitrogen and oxygen atoms in total. The van der Waals surface area contributed by atoms with E-state index < -0.39 is 18.0 Å². The maximum Gasteiger partial charge on any atom is 0.306 e. The highest BCUT2D eigenvalue weighted by molar-refractivity contribution is 5.76. The van der Waals surface area contributed by atoms with E-state index in [1.165, 1.54) is 6.92 Å². The fraction of sp³-hybridized carbons (Fsp3) is 0.800. The van der Waals surface area contributed by atoms with Crippen LogP contribution < -0.4 is 5.32 Å². The van der Waals surface area contributed by atoms with Gasteiger partial charge in [-0.1, -0.05) is 0 Å². The Hall–Kier alpha value is -1.14. The maximum absolute atomic E-state index is 11.2. The highest BCUT2D eigenvalue weighted by atomic mass is 16.5. The number of ether oxygens (including phenoxy) is 1. The van der Waals surface area contributed by atoms with E-state index in [1.807, 2.05) is 6.92 Å². The zero-order valence-corrected chi connectivity index (χ0v) is 9.65. The van der Waals surface area contributed by atoms with E-state index in [2.05, 4.69) is 5.32 Å². The van der Waals surface area contributed by atoms with Gasteiger partial charge in [0.05, 0.1) is 18.6 Å². The first kappa shape index (κ1) is 14.9. The number of aliphatic hydroxyl groups is 1. The molecule has 0 aromatic carbocycles. The molecule has 1 atom stereocenters. The van der Waals surface area contributed by atoms with Gasteiger partial charge < -0.3 is 20.3 Å². The number of nitrogens with one attached hydrogen (secondary N) is 1. The van der Waals surface area contributed by atoms with Gasteiger partial charge >= 0.3 is 5.97 Å². The van der Waals surface area contributed by atoms with Crippen LogP contribution in [0, 0.1) is 0 Å². The number of amides is 1. The standard InChI is InChI=1S/C10H19NO5/c1-3-16-5-4-8(12)11-7-10(2,15)6-9(13)14/h15H,3-7H2,1-2H3,(H,11,12)(H,13,14). The van der Waals surface area contributed by atoms with Gasteiger partial charge in [-0.2, -0.15) is 0 Å². The Bertz CT molecular complexity index is 239. The van der Waals surface area contributed by atoms with Gasteiger partial charge in [0, 0.05) is 19.6 Å². The molecule has 1 unspecified atom stereocenters. The van der Waals surface area contributed by atoms with Crippen LogP contribution in [0.3, 0.4) is 0 Å². The summed E-state index contributed by atoms with van der Waals surface area (Å²) in [5, 5.41) is 20.5. The van der Waals surface area contributed by atoms with Crippen LogP contribution >= 0.6 is 0 Å². The Morgan fingerprint density at radius 1 is 1.44 bits per heavy atom. The molecular formula is C10H19NO5. The fourth-order valence-corrected chi connectivity index (χ4v) is 1.07. The van der Waals surface area contributed by atoms with Crippen LogP contribution in [0.5, 0.6) is 0 Å². The van der Waals surface area contributed by atoms with Gasteiger partial charge in [0.15, 0.2) is 0 Å². The van der Waals surface area contributed by atoms with Gasteiger partial charge in [0.2, 0.25) is 5.91 Å². The molecule has 0 rings (SSSR count). The summed E-state index contributed by atoms with van der Waals surface area (Å²) in [5.74, 6) is -1.37. The molecule has 0 saturated carbocycles. The van der Waals surface area contributed by atoms with Crippen LogP contribution in [-0.2, 0) is 14.3 Å². The van der Waals surface area contributed by atoms with Gasteiger partial charge in [-0.25, -0.2) is 0 Å². The van der Waals surface area contributed by atoms with Crippen molar-refractivity contribution >= 4 is 11.9 Å². The van der Waals surface area contributed by atoms with Crippen molar-refractivity contribution in [2.75, 3.05) is 19.8 Å². The lowest BCUT2D eigenvalue weighted by Crippen LogP contribution is -2.42. The summed E-state index contributed by atoms with van der Waals surface area (Å²) >= 11 is 0. The molecule has 3 N–H and O–H groups in total. The summed E-state index contributed by atoms with van der Waals surface area (Å²) in [6, 6.07) is 0. The summed E-state index contributed by atoms with van der Waals surface area (Å²) in [7, 11) is 0. The van der Waals surface area contributed by atoms with Crippen LogP contribution in [0.25, 0.3) is 0 Å². The maximum atomic E-state index is 11.2. The number of hydrogen-bond donors (Lipinski definition) is 3. The first-order valence-corrected chi connectivity index (χ1v) is 5.16. The van der Waals surface area contributed by atoms with E-state index in [4.69, 9.17) is 9.84 Å². The molecule has 0 aliphatic rings. The number of hydrogen-bond acceptors (Lipinski definition) is 4. The molecule has 0 spiro atoms. The predicted octanol–water partition coefficient (Wildman–Crippen LogP) is -0.245. The molecule has 0 aromatic rings. The average molecular weight is 233 g/mol. The van der Waals surface area contributed by atoms with Crippen molar-refractivity contribution in [1.29, 1.82) is 0 Å². The molecule has 0 bridgehead atoms.